The van der Waals surface area contributed by atoms with E-state index in [4.69, 9.17) is 0 Å². The van der Waals surface area contributed by atoms with Gasteiger partial charge in [-0.1, -0.05) is 12.9 Å². The van der Waals surface area contributed by atoms with Crippen LogP contribution in [-0.4, -0.2) is 13.1 Å². The van der Waals surface area contributed by atoms with Crippen molar-refractivity contribution in [3.63, 3.8) is 0 Å². The molecule has 0 aromatic carbocycles. The molecular formula is C7H8BOS. The molecule has 0 N–H and O–H groups in total. The number of Topliss-reactive ketones (excluding diaryl/α,β-unsaturated/α-hetero) is 1. The number of hydrogen-bond donors (Lipinski definition) is 0. The second-order valence-electron chi connectivity index (χ2n) is 2.05. The molecule has 51 valence electrons. The van der Waals surface area contributed by atoms with Crippen LogP contribution in [-0.2, 0) is 0 Å². The Morgan fingerprint density at radius 3 is 2.60 bits per heavy atom. The quantitative estimate of drug-likeness (QED) is 0.460. The predicted molar refractivity (Wildman–Crippen MR) is 45.6 cm³/mol. The first kappa shape index (κ1) is 7.54. The minimum Gasteiger partial charge on any atom is -0.294 e. The highest BCUT2D eigenvalue weighted by atomic mass is 32.1. The fourth-order valence-corrected chi connectivity index (χ4v) is 1.48. The van der Waals surface area contributed by atoms with E-state index in [9.17, 15) is 4.79 Å². The van der Waals surface area contributed by atoms with Crippen molar-refractivity contribution in [1.82, 2.24) is 0 Å². The molecule has 1 radical (unpaired) electrons. The van der Waals surface area contributed by atoms with Crippen molar-refractivity contribution in [2.75, 3.05) is 0 Å². The van der Waals surface area contributed by atoms with Crippen molar-refractivity contribution in [2.24, 2.45) is 0 Å². The minimum atomic E-state index is 0.151. The van der Waals surface area contributed by atoms with Crippen LogP contribution in [0.4, 0.5) is 0 Å². The topological polar surface area (TPSA) is 17.1 Å². The van der Waals surface area contributed by atoms with Gasteiger partial charge in [0.25, 0.3) is 0 Å². The van der Waals surface area contributed by atoms with Crippen molar-refractivity contribution in [2.45, 2.75) is 13.7 Å². The van der Waals surface area contributed by atoms with Crippen LogP contribution in [0, 0.1) is 0 Å². The largest absolute Gasteiger partial charge is 0.294 e. The van der Waals surface area contributed by atoms with Gasteiger partial charge >= 0.3 is 0 Å². The Bertz CT molecular complexity index is 242. The zero-order valence-corrected chi connectivity index (χ0v) is 6.87. The first-order chi connectivity index (χ1) is 4.74. The number of ketones is 1. The van der Waals surface area contributed by atoms with Gasteiger partial charge in [0.1, 0.15) is 0 Å². The fraction of sp³-hybridized carbons (Fsp3) is 0.286. The van der Waals surface area contributed by atoms with Crippen molar-refractivity contribution in [1.29, 1.82) is 0 Å². The Kier molecular flexibility index (Phi) is 2.27. The smallest absolute Gasteiger partial charge is 0.169 e. The minimum absolute atomic E-state index is 0.151. The maximum atomic E-state index is 10.8. The van der Waals surface area contributed by atoms with Crippen LogP contribution >= 0.6 is 11.3 Å². The monoisotopic (exact) mass is 151 g/mol. The van der Waals surface area contributed by atoms with Gasteiger partial charge in [0.2, 0.25) is 0 Å². The van der Waals surface area contributed by atoms with E-state index in [-0.39, 0.29) is 5.78 Å². The zero-order valence-electron chi connectivity index (χ0n) is 6.05. The number of carbonyl (C=O) groups is 1. The van der Waals surface area contributed by atoms with E-state index in [1.54, 1.807) is 6.92 Å². The molecular weight excluding hydrogens is 143 g/mol. The van der Waals surface area contributed by atoms with Gasteiger partial charge in [0, 0.05) is 0 Å². The molecule has 1 aromatic heterocycles. The van der Waals surface area contributed by atoms with E-state index < -0.39 is 0 Å². The maximum absolute atomic E-state index is 10.8. The molecule has 1 nitrogen and oxygen atoms in total. The lowest BCUT2D eigenvalue weighted by atomic mass is 9.81. The standard InChI is InChI=1S/C7H8BOS/c1-5(9)6-3-4-7(8-2)10-6/h3-4H,1-2H3. The summed E-state index contributed by atoms with van der Waals surface area (Å²) in [4.78, 5) is 11.6. The van der Waals surface area contributed by atoms with Gasteiger partial charge < -0.3 is 0 Å². The summed E-state index contributed by atoms with van der Waals surface area (Å²) in [5.74, 6) is 0.151. The van der Waals surface area contributed by atoms with E-state index in [0.29, 0.717) is 0 Å². The van der Waals surface area contributed by atoms with E-state index in [0.717, 1.165) is 9.65 Å². The Balaban J connectivity index is 2.88. The molecule has 0 aliphatic carbocycles. The van der Waals surface area contributed by atoms with E-state index >= 15 is 0 Å². The number of carbonyl (C=O) groups excluding carboxylic acids is 1. The van der Waals surface area contributed by atoms with Gasteiger partial charge in [0.15, 0.2) is 13.1 Å². The molecule has 0 fully saturated rings. The van der Waals surface area contributed by atoms with E-state index in [2.05, 4.69) is 0 Å². The summed E-state index contributed by atoms with van der Waals surface area (Å²) >= 11 is 1.54. The first-order valence-electron chi connectivity index (χ1n) is 3.14. The predicted octanol–water partition coefficient (Wildman–Crippen LogP) is 1.33. The van der Waals surface area contributed by atoms with E-state index in [1.807, 2.05) is 26.2 Å². The molecule has 3 heteroatoms. The molecule has 0 amide bonds. The van der Waals surface area contributed by atoms with Crippen LogP contribution in [0.1, 0.15) is 16.6 Å². The molecule has 0 bridgehead atoms. The summed E-state index contributed by atoms with van der Waals surface area (Å²) in [5, 5.41) is 0. The number of thiophene rings is 1. The second-order valence-corrected chi connectivity index (χ2v) is 3.16. The Hall–Kier alpha value is -0.565. The van der Waals surface area contributed by atoms with Crippen molar-refractivity contribution >= 4 is 29.2 Å². The first-order valence-corrected chi connectivity index (χ1v) is 3.96. The molecule has 0 aliphatic rings. The summed E-state index contributed by atoms with van der Waals surface area (Å²) in [5.41, 5.74) is 0. The summed E-state index contributed by atoms with van der Waals surface area (Å²) in [7, 11) is 2.00. The van der Waals surface area contributed by atoms with Crippen molar-refractivity contribution in [3.8, 4) is 0 Å². The normalized spacial score (nSPS) is 9.40. The maximum Gasteiger partial charge on any atom is 0.169 e. The highest BCUT2D eigenvalue weighted by Gasteiger charge is 2.01. The molecule has 0 saturated carbocycles. The van der Waals surface area contributed by atoms with Crippen LogP contribution in [0.5, 0.6) is 0 Å². The SMILES string of the molecule is C[B]c1ccc(C(C)=O)s1. The molecule has 0 aliphatic heterocycles. The van der Waals surface area contributed by atoms with Gasteiger partial charge in [0.05, 0.1) is 4.88 Å². The summed E-state index contributed by atoms with van der Waals surface area (Å²) < 4.78 is 1.16. The Labute approximate surface area is 65.3 Å². The lowest BCUT2D eigenvalue weighted by molar-refractivity contribution is 0.102. The lowest BCUT2D eigenvalue weighted by Gasteiger charge is -1.83. The third kappa shape index (κ3) is 1.48. The highest BCUT2D eigenvalue weighted by Crippen LogP contribution is 2.06. The summed E-state index contributed by atoms with van der Waals surface area (Å²) in [6, 6.07) is 3.82. The molecule has 1 rings (SSSR count). The van der Waals surface area contributed by atoms with Crippen LogP contribution in [0.3, 0.4) is 0 Å². The zero-order chi connectivity index (χ0) is 7.56. The Morgan fingerprint density at radius 1 is 1.60 bits per heavy atom. The number of hydrogen-bond acceptors (Lipinski definition) is 2. The van der Waals surface area contributed by atoms with Crippen LogP contribution in [0.15, 0.2) is 12.1 Å². The van der Waals surface area contributed by atoms with Gasteiger partial charge in [-0.2, -0.15) is 0 Å². The molecule has 10 heavy (non-hydrogen) atoms. The van der Waals surface area contributed by atoms with Crippen molar-refractivity contribution < 1.29 is 4.79 Å². The van der Waals surface area contributed by atoms with E-state index in [1.165, 1.54) is 11.3 Å². The summed E-state index contributed by atoms with van der Waals surface area (Å²) in [6.45, 7) is 3.56. The van der Waals surface area contributed by atoms with Gasteiger partial charge in [-0.3, -0.25) is 4.79 Å². The molecule has 0 spiro atoms. The third-order valence-electron chi connectivity index (χ3n) is 1.26. The second kappa shape index (κ2) is 3.02. The molecule has 0 unspecified atom stereocenters. The van der Waals surface area contributed by atoms with Gasteiger partial charge in [-0.15, -0.1) is 11.3 Å². The molecule has 0 saturated heterocycles. The van der Waals surface area contributed by atoms with Gasteiger partial charge in [-0.25, -0.2) is 0 Å². The van der Waals surface area contributed by atoms with Crippen LogP contribution < -0.4 is 4.78 Å². The lowest BCUT2D eigenvalue weighted by Crippen LogP contribution is -2.02. The van der Waals surface area contributed by atoms with Gasteiger partial charge in [-0.05, 0) is 17.8 Å². The average molecular weight is 151 g/mol. The van der Waals surface area contributed by atoms with Crippen molar-refractivity contribution in [3.05, 3.63) is 17.0 Å². The van der Waals surface area contributed by atoms with Crippen LogP contribution in [0.25, 0.3) is 0 Å². The number of rotatable bonds is 2. The average Bonchev–Trinajstić information content (AvgIpc) is 2.34. The third-order valence-corrected chi connectivity index (χ3v) is 2.51. The fourth-order valence-electron chi connectivity index (χ4n) is 0.697. The highest BCUT2D eigenvalue weighted by molar-refractivity contribution is 7.22. The molecule has 0 atom stereocenters. The Morgan fingerprint density at radius 2 is 2.30 bits per heavy atom. The molecule has 1 heterocycles. The summed E-state index contributed by atoms with van der Waals surface area (Å²) in [6.07, 6.45) is 0. The van der Waals surface area contributed by atoms with Crippen LogP contribution in [0.2, 0.25) is 6.82 Å². The molecule has 1 aromatic rings.